The number of carbonyl (C=O) groups excluding carboxylic acids is 5. The van der Waals surface area contributed by atoms with Crippen LogP contribution in [0.3, 0.4) is 0 Å². The van der Waals surface area contributed by atoms with Crippen LogP contribution in [-0.2, 0) is 23.9 Å². The summed E-state index contributed by atoms with van der Waals surface area (Å²) in [6.07, 6.45) is 0.133. The second kappa shape index (κ2) is 12.5. The lowest BCUT2D eigenvalue weighted by Crippen LogP contribution is -2.41. The molecule has 2 aromatic rings. The fourth-order valence-corrected chi connectivity index (χ4v) is 2.50. The Kier molecular flexibility index (Phi) is 9.38. The molecule has 4 N–H and O–H groups in total. The highest BCUT2D eigenvalue weighted by molar-refractivity contribution is 5.95. The topological polar surface area (TPSA) is 143 Å². The summed E-state index contributed by atoms with van der Waals surface area (Å²) >= 11 is 0. The lowest BCUT2D eigenvalue weighted by molar-refractivity contribution is -0.147. The first-order chi connectivity index (χ1) is 15.3. The maximum atomic E-state index is 11.9. The van der Waals surface area contributed by atoms with Gasteiger partial charge in [0.25, 0.3) is 11.8 Å². The summed E-state index contributed by atoms with van der Waals surface area (Å²) in [4.78, 5) is 58.1. The number of carbonyl (C=O) groups is 5. The second-order valence-electron chi connectivity index (χ2n) is 6.69. The van der Waals surface area contributed by atoms with E-state index < -0.39 is 30.3 Å². The minimum atomic E-state index is -0.623. The van der Waals surface area contributed by atoms with E-state index in [1.54, 1.807) is 54.6 Å². The zero-order chi connectivity index (χ0) is 23.3. The first-order valence-electron chi connectivity index (χ1n) is 9.81. The van der Waals surface area contributed by atoms with Crippen LogP contribution in [0.1, 0.15) is 36.5 Å². The number of hydrogen-bond donors (Lipinski definition) is 4. The molecule has 0 aliphatic heterocycles. The highest BCUT2D eigenvalue weighted by Crippen LogP contribution is 2.13. The average Bonchev–Trinajstić information content (AvgIpc) is 2.77. The molecule has 0 bridgehead atoms. The van der Waals surface area contributed by atoms with Crippen molar-refractivity contribution in [2.24, 2.45) is 0 Å². The van der Waals surface area contributed by atoms with Gasteiger partial charge in [0, 0.05) is 36.7 Å². The van der Waals surface area contributed by atoms with Crippen molar-refractivity contribution in [2.45, 2.75) is 26.2 Å². The SMILES string of the molecule is CC(=O)Nc1ccc(NC(=O)COC(=O)CCCC(=O)NNC(=O)c2ccccc2)cc1. The van der Waals surface area contributed by atoms with Gasteiger partial charge in [-0.15, -0.1) is 0 Å². The summed E-state index contributed by atoms with van der Waals surface area (Å²) in [7, 11) is 0. The molecule has 0 radical (unpaired) electrons. The van der Waals surface area contributed by atoms with Crippen molar-refractivity contribution in [2.75, 3.05) is 17.2 Å². The molecule has 0 unspecified atom stereocenters. The van der Waals surface area contributed by atoms with Gasteiger partial charge in [-0.3, -0.25) is 34.8 Å². The zero-order valence-corrected chi connectivity index (χ0v) is 17.5. The molecule has 2 aromatic carbocycles. The molecule has 0 saturated carbocycles. The molecule has 10 heteroatoms. The van der Waals surface area contributed by atoms with E-state index in [0.29, 0.717) is 16.9 Å². The fourth-order valence-electron chi connectivity index (χ4n) is 2.50. The van der Waals surface area contributed by atoms with Gasteiger partial charge in [0.2, 0.25) is 11.8 Å². The van der Waals surface area contributed by atoms with E-state index >= 15 is 0 Å². The highest BCUT2D eigenvalue weighted by atomic mass is 16.5. The summed E-state index contributed by atoms with van der Waals surface area (Å²) in [5.41, 5.74) is 6.02. The summed E-state index contributed by atoms with van der Waals surface area (Å²) in [5, 5.41) is 5.16. The van der Waals surface area contributed by atoms with Gasteiger partial charge >= 0.3 is 5.97 Å². The summed E-state index contributed by atoms with van der Waals surface area (Å²) in [6, 6.07) is 14.8. The quantitative estimate of drug-likeness (QED) is 0.346. The molecule has 0 atom stereocenters. The number of hydrogen-bond acceptors (Lipinski definition) is 6. The van der Waals surface area contributed by atoms with Gasteiger partial charge in [0.1, 0.15) is 0 Å². The van der Waals surface area contributed by atoms with Gasteiger partial charge in [-0.25, -0.2) is 0 Å². The first kappa shape index (κ1) is 24.1. The minimum Gasteiger partial charge on any atom is -0.456 e. The van der Waals surface area contributed by atoms with Crippen LogP contribution in [-0.4, -0.2) is 36.2 Å². The first-order valence-corrected chi connectivity index (χ1v) is 9.81. The Morgan fingerprint density at radius 1 is 0.750 bits per heavy atom. The Morgan fingerprint density at radius 3 is 2.00 bits per heavy atom. The van der Waals surface area contributed by atoms with Crippen LogP contribution < -0.4 is 21.5 Å². The molecule has 0 spiro atoms. The van der Waals surface area contributed by atoms with Crippen molar-refractivity contribution in [1.29, 1.82) is 0 Å². The van der Waals surface area contributed by atoms with Gasteiger partial charge in [0.15, 0.2) is 6.61 Å². The third-order valence-electron chi connectivity index (χ3n) is 3.99. The van der Waals surface area contributed by atoms with Crippen molar-refractivity contribution < 1.29 is 28.7 Å². The third kappa shape index (κ3) is 9.08. The fraction of sp³-hybridized carbons (Fsp3) is 0.227. The Hall–Kier alpha value is -4.21. The number of rotatable bonds is 9. The molecule has 0 saturated heterocycles. The Labute approximate surface area is 184 Å². The number of esters is 1. The molecular weight excluding hydrogens is 416 g/mol. The third-order valence-corrected chi connectivity index (χ3v) is 3.99. The van der Waals surface area contributed by atoms with Crippen LogP contribution in [0.15, 0.2) is 54.6 Å². The smallest absolute Gasteiger partial charge is 0.306 e. The van der Waals surface area contributed by atoms with Crippen LogP contribution in [0.25, 0.3) is 0 Å². The molecule has 168 valence electrons. The molecule has 4 amide bonds. The Balaban J connectivity index is 1.59. The zero-order valence-electron chi connectivity index (χ0n) is 17.5. The van der Waals surface area contributed by atoms with E-state index in [9.17, 15) is 24.0 Å². The van der Waals surface area contributed by atoms with Crippen LogP contribution in [0.5, 0.6) is 0 Å². The van der Waals surface area contributed by atoms with Gasteiger partial charge in [-0.1, -0.05) is 18.2 Å². The molecule has 32 heavy (non-hydrogen) atoms. The van der Waals surface area contributed by atoms with Crippen LogP contribution >= 0.6 is 0 Å². The van der Waals surface area contributed by atoms with E-state index in [0.717, 1.165) is 0 Å². The van der Waals surface area contributed by atoms with Gasteiger partial charge in [0.05, 0.1) is 0 Å². The monoisotopic (exact) mass is 440 g/mol. The Bertz CT molecular complexity index is 960. The van der Waals surface area contributed by atoms with E-state index in [1.165, 1.54) is 6.92 Å². The molecule has 0 aliphatic rings. The number of benzene rings is 2. The average molecular weight is 440 g/mol. The lowest BCUT2D eigenvalue weighted by Gasteiger charge is -2.08. The minimum absolute atomic E-state index is 0.00296. The normalized spacial score (nSPS) is 9.91. The predicted octanol–water partition coefficient (Wildman–Crippen LogP) is 1.76. The van der Waals surface area contributed by atoms with Gasteiger partial charge in [-0.05, 0) is 42.8 Å². The standard InChI is InChI=1S/C22H24N4O6/c1-15(27)23-17-10-12-18(13-11-17)24-20(29)14-32-21(30)9-5-8-19(28)25-26-22(31)16-6-3-2-4-7-16/h2-4,6-7,10-13H,5,8-9,14H2,1H3,(H,23,27)(H,24,29)(H,25,28)(H,26,31). The summed E-state index contributed by atoms with van der Waals surface area (Å²) in [6.45, 7) is 0.923. The van der Waals surface area contributed by atoms with E-state index in [-0.39, 0.29) is 25.2 Å². The van der Waals surface area contributed by atoms with Crippen molar-refractivity contribution >= 4 is 41.0 Å². The van der Waals surface area contributed by atoms with Crippen molar-refractivity contribution in [3.8, 4) is 0 Å². The molecule has 0 aromatic heterocycles. The van der Waals surface area contributed by atoms with Crippen molar-refractivity contribution in [1.82, 2.24) is 10.9 Å². The summed E-state index contributed by atoms with van der Waals surface area (Å²) in [5.74, 6) is -2.26. The van der Waals surface area contributed by atoms with Crippen LogP contribution in [0.4, 0.5) is 11.4 Å². The van der Waals surface area contributed by atoms with E-state index in [2.05, 4.69) is 21.5 Å². The predicted molar refractivity (Wildman–Crippen MR) is 116 cm³/mol. The number of hydrazine groups is 1. The highest BCUT2D eigenvalue weighted by Gasteiger charge is 2.11. The number of anilines is 2. The van der Waals surface area contributed by atoms with Crippen molar-refractivity contribution in [3.63, 3.8) is 0 Å². The summed E-state index contributed by atoms with van der Waals surface area (Å²) < 4.78 is 4.88. The van der Waals surface area contributed by atoms with Crippen LogP contribution in [0, 0.1) is 0 Å². The lowest BCUT2D eigenvalue weighted by atomic mass is 10.2. The number of amides is 4. The number of ether oxygens (including phenoxy) is 1. The molecule has 2 rings (SSSR count). The molecule has 0 heterocycles. The molecular formula is C22H24N4O6. The second-order valence-corrected chi connectivity index (χ2v) is 6.69. The van der Waals surface area contributed by atoms with E-state index in [1.807, 2.05) is 0 Å². The maximum absolute atomic E-state index is 11.9. The Morgan fingerprint density at radius 2 is 1.38 bits per heavy atom. The van der Waals surface area contributed by atoms with Gasteiger partial charge in [-0.2, -0.15) is 0 Å². The van der Waals surface area contributed by atoms with Crippen molar-refractivity contribution in [3.05, 3.63) is 60.2 Å². The van der Waals surface area contributed by atoms with E-state index in [4.69, 9.17) is 4.74 Å². The van der Waals surface area contributed by atoms with Gasteiger partial charge < -0.3 is 15.4 Å². The van der Waals surface area contributed by atoms with Crippen LogP contribution in [0.2, 0.25) is 0 Å². The molecule has 10 nitrogen and oxygen atoms in total. The largest absolute Gasteiger partial charge is 0.456 e. The number of nitrogens with one attached hydrogen (secondary N) is 4. The maximum Gasteiger partial charge on any atom is 0.306 e. The molecule has 0 aliphatic carbocycles. The molecule has 0 fully saturated rings.